The molecular formula is C25H26FNO3. The van der Waals surface area contributed by atoms with E-state index in [-0.39, 0.29) is 18.2 Å². The normalized spacial score (nSPS) is 13.1. The fourth-order valence-corrected chi connectivity index (χ4v) is 3.72. The average Bonchev–Trinajstić information content (AvgIpc) is 2.76. The van der Waals surface area contributed by atoms with Crippen LogP contribution >= 0.6 is 0 Å². The minimum absolute atomic E-state index is 0.0825. The lowest BCUT2D eigenvalue weighted by molar-refractivity contribution is -0.138. The number of methoxy groups -OCH3 is 1. The number of nitrogens with zero attached hydrogens (tertiary/aromatic N) is 1. The van der Waals surface area contributed by atoms with Crippen LogP contribution in [0.3, 0.4) is 0 Å². The van der Waals surface area contributed by atoms with Crippen LogP contribution in [0, 0.1) is 5.82 Å². The average molecular weight is 407 g/mol. The summed E-state index contributed by atoms with van der Waals surface area (Å²) in [7, 11) is 1.41. The van der Waals surface area contributed by atoms with Crippen LogP contribution in [0.2, 0.25) is 0 Å². The van der Waals surface area contributed by atoms with Crippen LogP contribution in [0.15, 0.2) is 78.9 Å². The second-order valence-electron chi connectivity index (χ2n) is 7.25. The quantitative estimate of drug-likeness (QED) is 0.501. The summed E-state index contributed by atoms with van der Waals surface area (Å²) in [6.45, 7) is 2.58. The van der Waals surface area contributed by atoms with Crippen molar-refractivity contribution in [2.24, 2.45) is 0 Å². The highest BCUT2D eigenvalue weighted by molar-refractivity contribution is 5.68. The first kappa shape index (κ1) is 21.5. The number of rotatable bonds is 9. The predicted molar refractivity (Wildman–Crippen MR) is 115 cm³/mol. The van der Waals surface area contributed by atoms with Gasteiger partial charge in [-0.2, -0.15) is 0 Å². The van der Waals surface area contributed by atoms with Crippen molar-refractivity contribution < 1.29 is 19.0 Å². The maximum atomic E-state index is 14.5. The van der Waals surface area contributed by atoms with Crippen LogP contribution in [0.5, 0.6) is 5.75 Å². The molecule has 0 fully saturated rings. The highest BCUT2D eigenvalue weighted by Crippen LogP contribution is 2.36. The first-order chi connectivity index (χ1) is 14.5. The standard InChI is InChI=1S/C25H26FNO3/c1-18(20-11-7-4-8-12-20)27(17-19-9-5-3-6-10-19)23(16-25(28)29)21-13-14-24(30-2)22(26)15-21/h3-15,18,23H,16-17H2,1-2H3,(H,28,29). The van der Waals surface area contributed by atoms with Crippen molar-refractivity contribution in [3.8, 4) is 5.75 Å². The van der Waals surface area contributed by atoms with E-state index in [1.165, 1.54) is 13.2 Å². The van der Waals surface area contributed by atoms with Gasteiger partial charge < -0.3 is 9.84 Å². The molecule has 4 nitrogen and oxygen atoms in total. The lowest BCUT2D eigenvalue weighted by Gasteiger charge is -2.37. The SMILES string of the molecule is COc1ccc(C(CC(=O)O)N(Cc2ccccc2)C(C)c2ccccc2)cc1F. The summed E-state index contributed by atoms with van der Waals surface area (Å²) < 4.78 is 19.5. The molecule has 0 bridgehead atoms. The Kier molecular flexibility index (Phi) is 7.20. The molecule has 3 aromatic rings. The van der Waals surface area contributed by atoms with Crippen molar-refractivity contribution >= 4 is 5.97 Å². The second-order valence-corrected chi connectivity index (χ2v) is 7.25. The van der Waals surface area contributed by atoms with Gasteiger partial charge in [0.15, 0.2) is 11.6 Å². The summed E-state index contributed by atoms with van der Waals surface area (Å²) in [6, 6.07) is 23.9. The van der Waals surface area contributed by atoms with Gasteiger partial charge in [0.2, 0.25) is 0 Å². The van der Waals surface area contributed by atoms with E-state index < -0.39 is 17.8 Å². The van der Waals surface area contributed by atoms with Gasteiger partial charge in [-0.05, 0) is 35.7 Å². The molecule has 156 valence electrons. The number of carboxylic acid groups (broad SMARTS) is 1. The maximum Gasteiger partial charge on any atom is 0.305 e. The van der Waals surface area contributed by atoms with E-state index in [0.717, 1.165) is 11.1 Å². The molecule has 0 saturated heterocycles. The molecule has 0 spiro atoms. The molecule has 0 aliphatic heterocycles. The van der Waals surface area contributed by atoms with Crippen LogP contribution in [0.1, 0.15) is 42.1 Å². The van der Waals surface area contributed by atoms with Gasteiger partial charge in [-0.15, -0.1) is 0 Å². The smallest absolute Gasteiger partial charge is 0.305 e. The van der Waals surface area contributed by atoms with E-state index in [1.807, 2.05) is 67.6 Å². The van der Waals surface area contributed by atoms with E-state index >= 15 is 0 Å². The number of carboxylic acids is 1. The summed E-state index contributed by atoms with van der Waals surface area (Å²) in [6.07, 6.45) is -0.143. The first-order valence-corrected chi connectivity index (χ1v) is 9.89. The summed E-state index contributed by atoms with van der Waals surface area (Å²) in [5.74, 6) is -1.30. The van der Waals surface area contributed by atoms with Crippen molar-refractivity contribution in [2.75, 3.05) is 7.11 Å². The summed E-state index contributed by atoms with van der Waals surface area (Å²) in [4.78, 5) is 13.9. The molecule has 0 heterocycles. The molecule has 0 amide bonds. The van der Waals surface area contributed by atoms with E-state index in [0.29, 0.717) is 12.1 Å². The van der Waals surface area contributed by atoms with Crippen LogP contribution in [0.4, 0.5) is 4.39 Å². The van der Waals surface area contributed by atoms with Gasteiger partial charge in [0.05, 0.1) is 13.5 Å². The van der Waals surface area contributed by atoms with E-state index in [4.69, 9.17) is 4.74 Å². The number of benzene rings is 3. The Bertz CT molecular complexity index is 963. The predicted octanol–water partition coefficient (Wildman–Crippen LogP) is 5.61. The number of halogens is 1. The molecule has 1 N–H and O–H groups in total. The van der Waals surface area contributed by atoms with Crippen molar-refractivity contribution in [3.05, 3.63) is 101 Å². The minimum atomic E-state index is -0.936. The van der Waals surface area contributed by atoms with Gasteiger partial charge >= 0.3 is 5.97 Å². The topological polar surface area (TPSA) is 49.8 Å². The molecular weight excluding hydrogens is 381 g/mol. The van der Waals surface area contributed by atoms with Crippen LogP contribution in [-0.2, 0) is 11.3 Å². The Morgan fingerprint density at radius 2 is 1.63 bits per heavy atom. The molecule has 0 aromatic heterocycles. The molecule has 3 aromatic carbocycles. The second kappa shape index (κ2) is 10.0. The molecule has 3 rings (SSSR count). The van der Waals surface area contributed by atoms with Gasteiger partial charge in [-0.25, -0.2) is 4.39 Å². The van der Waals surface area contributed by atoms with E-state index in [2.05, 4.69) is 4.90 Å². The number of ether oxygens (including phenoxy) is 1. The highest BCUT2D eigenvalue weighted by atomic mass is 19.1. The van der Waals surface area contributed by atoms with Crippen molar-refractivity contribution in [2.45, 2.75) is 32.0 Å². The van der Waals surface area contributed by atoms with Gasteiger partial charge in [0.1, 0.15) is 0 Å². The third-order valence-corrected chi connectivity index (χ3v) is 5.32. The molecule has 0 aliphatic carbocycles. The maximum absolute atomic E-state index is 14.5. The van der Waals surface area contributed by atoms with E-state index in [1.54, 1.807) is 12.1 Å². The van der Waals surface area contributed by atoms with Crippen LogP contribution in [0.25, 0.3) is 0 Å². The van der Waals surface area contributed by atoms with Gasteiger partial charge in [-0.3, -0.25) is 9.69 Å². The Morgan fingerprint density at radius 1 is 1.00 bits per heavy atom. The van der Waals surface area contributed by atoms with Gasteiger partial charge in [0, 0.05) is 18.6 Å². The van der Waals surface area contributed by atoms with Crippen molar-refractivity contribution in [1.29, 1.82) is 0 Å². The van der Waals surface area contributed by atoms with Crippen molar-refractivity contribution in [3.63, 3.8) is 0 Å². The molecule has 0 aliphatic rings. The van der Waals surface area contributed by atoms with E-state index in [9.17, 15) is 14.3 Å². The number of carbonyl (C=O) groups is 1. The summed E-state index contributed by atoms with van der Waals surface area (Å²) in [5, 5.41) is 9.64. The highest BCUT2D eigenvalue weighted by Gasteiger charge is 2.29. The first-order valence-electron chi connectivity index (χ1n) is 9.89. The lowest BCUT2D eigenvalue weighted by atomic mass is 9.96. The fourth-order valence-electron chi connectivity index (χ4n) is 3.72. The van der Waals surface area contributed by atoms with Crippen LogP contribution < -0.4 is 4.74 Å². The summed E-state index contributed by atoms with van der Waals surface area (Å²) in [5.41, 5.74) is 2.73. The molecule has 0 radical (unpaired) electrons. The third-order valence-electron chi connectivity index (χ3n) is 5.32. The largest absolute Gasteiger partial charge is 0.494 e. The molecule has 2 unspecified atom stereocenters. The Morgan fingerprint density at radius 3 is 2.20 bits per heavy atom. The Labute approximate surface area is 176 Å². The molecule has 5 heteroatoms. The van der Waals surface area contributed by atoms with Gasteiger partial charge in [-0.1, -0.05) is 66.7 Å². The number of hydrogen-bond donors (Lipinski definition) is 1. The zero-order valence-electron chi connectivity index (χ0n) is 17.2. The number of hydrogen-bond acceptors (Lipinski definition) is 3. The molecule has 2 atom stereocenters. The molecule has 0 saturated carbocycles. The van der Waals surface area contributed by atoms with Crippen LogP contribution in [-0.4, -0.2) is 23.1 Å². The lowest BCUT2D eigenvalue weighted by Crippen LogP contribution is -2.32. The number of aliphatic carboxylic acids is 1. The van der Waals surface area contributed by atoms with Gasteiger partial charge in [0.25, 0.3) is 0 Å². The summed E-state index contributed by atoms with van der Waals surface area (Å²) >= 11 is 0. The molecule has 30 heavy (non-hydrogen) atoms. The Hall–Kier alpha value is -3.18. The third kappa shape index (κ3) is 5.24. The monoisotopic (exact) mass is 407 g/mol. The van der Waals surface area contributed by atoms with Crippen molar-refractivity contribution in [1.82, 2.24) is 4.90 Å². The zero-order chi connectivity index (χ0) is 21.5. The minimum Gasteiger partial charge on any atom is -0.494 e. The Balaban J connectivity index is 2.05. The fraction of sp³-hybridized carbons (Fsp3) is 0.240. The zero-order valence-corrected chi connectivity index (χ0v) is 17.2.